The molecule has 3 heterocycles. The molecule has 8 heteroatoms. The van der Waals surface area contributed by atoms with E-state index in [0.29, 0.717) is 17.9 Å². The van der Waals surface area contributed by atoms with Gasteiger partial charge in [-0.2, -0.15) is 0 Å². The third-order valence-electron chi connectivity index (χ3n) is 7.68. The number of carbonyl (C=O) groups excluding carboxylic acids is 2. The summed E-state index contributed by atoms with van der Waals surface area (Å²) in [5.41, 5.74) is 1.24. The van der Waals surface area contributed by atoms with Crippen molar-refractivity contribution in [1.82, 2.24) is 15.5 Å². The number of fused-ring (bicyclic) bond motifs is 9. The Bertz CT molecular complexity index is 1110. The molecule has 0 unspecified atom stereocenters. The average Bonchev–Trinajstić information content (AvgIpc) is 2.90. The van der Waals surface area contributed by atoms with Crippen molar-refractivity contribution in [2.75, 3.05) is 26.2 Å². The van der Waals surface area contributed by atoms with Gasteiger partial charge in [-0.05, 0) is 80.7 Å². The second kappa shape index (κ2) is 12.9. The molecule has 0 aromatic heterocycles. The van der Waals surface area contributed by atoms with E-state index in [4.69, 9.17) is 4.74 Å². The maximum atomic E-state index is 13.6. The highest BCUT2D eigenvalue weighted by Gasteiger charge is 2.41. The van der Waals surface area contributed by atoms with Crippen LogP contribution in [-0.4, -0.2) is 60.0 Å². The molecular weight excluding hydrogens is 482 g/mol. The smallest absolute Gasteiger partial charge is 0.326 e. The molecule has 2 aromatic rings. The van der Waals surface area contributed by atoms with Gasteiger partial charge in [-0.1, -0.05) is 44.0 Å². The Morgan fingerprint density at radius 3 is 2.53 bits per heavy atom. The van der Waals surface area contributed by atoms with Crippen LogP contribution in [0.3, 0.4) is 0 Å². The molecule has 3 N–H and O–H groups in total. The number of hydrogen-bond acceptors (Lipinski definition) is 5. The topological polar surface area (TPSA) is 108 Å². The third kappa shape index (κ3) is 7.34. The molecule has 8 nitrogen and oxygen atoms in total. The predicted octanol–water partition coefficient (Wildman–Crippen LogP) is 3.93. The number of benzene rings is 2. The first-order chi connectivity index (χ1) is 18.4. The number of amides is 2. The Hall–Kier alpha value is -3.39. The minimum Gasteiger partial charge on any atom is -0.480 e. The van der Waals surface area contributed by atoms with Gasteiger partial charge in [0.2, 0.25) is 11.8 Å². The van der Waals surface area contributed by atoms with Gasteiger partial charge in [0.05, 0.1) is 5.41 Å². The number of piperidine rings is 1. The maximum Gasteiger partial charge on any atom is 0.326 e. The van der Waals surface area contributed by atoms with Crippen LogP contribution in [0.4, 0.5) is 0 Å². The number of ether oxygens (including phenoxy) is 1. The molecule has 4 bridgehead atoms. The number of nitrogens with zero attached hydrogens (tertiary/aromatic N) is 1. The van der Waals surface area contributed by atoms with E-state index in [1.807, 2.05) is 36.4 Å². The number of hydrogen-bond donors (Lipinski definition) is 3. The molecule has 3 aliphatic heterocycles. The van der Waals surface area contributed by atoms with E-state index in [9.17, 15) is 19.5 Å². The quantitative estimate of drug-likeness (QED) is 0.515. The highest BCUT2D eigenvalue weighted by atomic mass is 16.5. The molecule has 5 rings (SSSR count). The summed E-state index contributed by atoms with van der Waals surface area (Å²) in [5.74, 6) is -0.212. The van der Waals surface area contributed by atoms with Gasteiger partial charge < -0.3 is 25.4 Å². The van der Waals surface area contributed by atoms with E-state index < -0.39 is 23.3 Å². The second-order valence-corrected chi connectivity index (χ2v) is 10.6. The van der Waals surface area contributed by atoms with Gasteiger partial charge in [-0.25, -0.2) is 4.79 Å². The van der Waals surface area contributed by atoms with Crippen LogP contribution in [0.25, 0.3) is 0 Å². The molecule has 2 amide bonds. The van der Waals surface area contributed by atoms with Crippen LogP contribution in [0.5, 0.6) is 11.5 Å². The van der Waals surface area contributed by atoms with Gasteiger partial charge in [0.1, 0.15) is 17.5 Å². The summed E-state index contributed by atoms with van der Waals surface area (Å²) in [6, 6.07) is 14.1. The van der Waals surface area contributed by atoms with Gasteiger partial charge in [0.25, 0.3) is 0 Å². The van der Waals surface area contributed by atoms with Gasteiger partial charge in [-0.15, -0.1) is 0 Å². The summed E-state index contributed by atoms with van der Waals surface area (Å²) < 4.78 is 6.09. The summed E-state index contributed by atoms with van der Waals surface area (Å²) in [6.07, 6.45) is 5.81. The van der Waals surface area contributed by atoms with Gasteiger partial charge in [0, 0.05) is 19.4 Å². The van der Waals surface area contributed by atoms with E-state index in [1.165, 1.54) is 19.3 Å². The van der Waals surface area contributed by atoms with E-state index in [0.717, 1.165) is 43.6 Å². The fourth-order valence-electron chi connectivity index (χ4n) is 5.39. The molecule has 2 aromatic carbocycles. The zero-order valence-corrected chi connectivity index (χ0v) is 22.2. The zero-order chi connectivity index (χ0) is 27.0. The van der Waals surface area contributed by atoms with Crippen molar-refractivity contribution in [2.24, 2.45) is 5.41 Å². The van der Waals surface area contributed by atoms with Crippen LogP contribution < -0.4 is 15.4 Å². The zero-order valence-electron chi connectivity index (χ0n) is 22.2. The summed E-state index contributed by atoms with van der Waals surface area (Å²) in [5, 5.41) is 15.2. The molecule has 1 atom stereocenters. The first-order valence-corrected chi connectivity index (χ1v) is 13.8. The minimum atomic E-state index is -1.10. The van der Waals surface area contributed by atoms with Crippen molar-refractivity contribution in [3.8, 4) is 11.5 Å². The number of nitrogens with one attached hydrogen (secondary N) is 2. The lowest BCUT2D eigenvalue weighted by Gasteiger charge is -2.41. The van der Waals surface area contributed by atoms with Crippen LogP contribution in [-0.2, 0) is 27.2 Å². The lowest BCUT2D eigenvalue weighted by atomic mass is 9.73. The van der Waals surface area contributed by atoms with E-state index in [-0.39, 0.29) is 25.3 Å². The monoisotopic (exact) mass is 521 g/mol. The third-order valence-corrected chi connectivity index (χ3v) is 7.68. The molecule has 204 valence electrons. The van der Waals surface area contributed by atoms with Crippen molar-refractivity contribution in [2.45, 2.75) is 64.3 Å². The second-order valence-electron chi connectivity index (χ2n) is 10.6. The van der Waals surface area contributed by atoms with Crippen molar-refractivity contribution in [1.29, 1.82) is 0 Å². The summed E-state index contributed by atoms with van der Waals surface area (Å²) in [7, 11) is 0. The van der Waals surface area contributed by atoms with E-state index in [1.54, 1.807) is 12.1 Å². The first kappa shape index (κ1) is 27.6. The van der Waals surface area contributed by atoms with Gasteiger partial charge in [0.15, 0.2) is 0 Å². The molecular formula is C30H39N3O5. The molecule has 0 aliphatic carbocycles. The normalized spacial score (nSPS) is 20.6. The summed E-state index contributed by atoms with van der Waals surface area (Å²) in [6.45, 7) is 5.14. The molecule has 1 saturated heterocycles. The number of rotatable bonds is 5. The molecule has 0 radical (unpaired) electrons. The molecule has 0 saturated carbocycles. The fraction of sp³-hybridized carbons (Fsp3) is 0.500. The summed E-state index contributed by atoms with van der Waals surface area (Å²) >= 11 is 0. The van der Waals surface area contributed by atoms with Crippen molar-refractivity contribution in [3.63, 3.8) is 0 Å². The Kier molecular flexibility index (Phi) is 9.39. The van der Waals surface area contributed by atoms with Crippen LogP contribution >= 0.6 is 0 Å². The van der Waals surface area contributed by atoms with E-state index >= 15 is 0 Å². The number of carboxylic acid groups (broad SMARTS) is 1. The number of likely N-dealkylation sites (tertiary alicyclic amines) is 1. The van der Waals surface area contributed by atoms with E-state index in [2.05, 4.69) is 22.5 Å². The molecule has 1 spiro atoms. The first-order valence-electron chi connectivity index (χ1n) is 13.8. The standard InChI is InChI=1S/C30H39N3O5/c1-2-3-4-16-33-17-13-30(14-18-33)21-23-6-5-7-25(19-23)38-24-10-8-22(9-11-24)20-26(28(35)36)32-27(34)12-15-31-29(30)37/h5-11,19,26H,2-4,12-18,20-21H2,1H3,(H,31,37)(H,32,34)(H,35,36)/t26-/m0/s1. The van der Waals surface area contributed by atoms with Crippen LogP contribution in [0.1, 0.15) is 56.6 Å². The maximum absolute atomic E-state index is 13.6. The minimum absolute atomic E-state index is 0.0248. The van der Waals surface area contributed by atoms with Crippen LogP contribution in [0.2, 0.25) is 0 Å². The van der Waals surface area contributed by atoms with Gasteiger partial charge >= 0.3 is 5.97 Å². The van der Waals surface area contributed by atoms with Gasteiger partial charge in [-0.3, -0.25) is 9.59 Å². The Morgan fingerprint density at radius 1 is 1.05 bits per heavy atom. The van der Waals surface area contributed by atoms with Crippen molar-refractivity contribution >= 4 is 17.8 Å². The lowest BCUT2D eigenvalue weighted by molar-refractivity contribution is -0.142. The molecule has 38 heavy (non-hydrogen) atoms. The van der Waals surface area contributed by atoms with Crippen LogP contribution in [0.15, 0.2) is 48.5 Å². The Morgan fingerprint density at radius 2 is 1.82 bits per heavy atom. The fourth-order valence-corrected chi connectivity index (χ4v) is 5.39. The average molecular weight is 522 g/mol. The molecule has 1 fully saturated rings. The van der Waals surface area contributed by atoms with Crippen molar-refractivity contribution in [3.05, 3.63) is 59.7 Å². The predicted molar refractivity (Wildman–Crippen MR) is 145 cm³/mol. The Labute approximate surface area is 224 Å². The number of unbranched alkanes of at least 4 members (excludes halogenated alkanes) is 2. The Balaban J connectivity index is 1.57. The number of carbonyl (C=O) groups is 3. The lowest BCUT2D eigenvalue weighted by Crippen LogP contribution is -2.51. The van der Waals surface area contributed by atoms with Crippen molar-refractivity contribution < 1.29 is 24.2 Å². The highest BCUT2D eigenvalue weighted by Crippen LogP contribution is 2.37. The highest BCUT2D eigenvalue weighted by molar-refractivity contribution is 5.86. The largest absolute Gasteiger partial charge is 0.480 e. The number of aliphatic carboxylic acids is 1. The summed E-state index contributed by atoms with van der Waals surface area (Å²) in [4.78, 5) is 40.4. The van der Waals surface area contributed by atoms with Crippen LogP contribution in [0, 0.1) is 5.41 Å². The molecule has 3 aliphatic rings. The number of carboxylic acids is 1. The SMILES string of the molecule is CCCCCN1CCC2(CC1)Cc1cccc(c1)Oc1ccc(cc1)C[C@@H](C(=O)O)NC(=O)CCNC2=O.